The molecule has 0 saturated carbocycles. The minimum absolute atomic E-state index is 0.653. The van der Waals surface area contributed by atoms with Crippen LogP contribution in [0.4, 0.5) is 11.5 Å². The zero-order valence-electron chi connectivity index (χ0n) is 15.1. The summed E-state index contributed by atoms with van der Waals surface area (Å²) in [6.45, 7) is 7.59. The quantitative estimate of drug-likeness (QED) is 0.622. The van der Waals surface area contributed by atoms with Gasteiger partial charge in [0, 0.05) is 17.1 Å². The van der Waals surface area contributed by atoms with Crippen molar-refractivity contribution in [2.24, 2.45) is 0 Å². The highest BCUT2D eigenvalue weighted by molar-refractivity contribution is 6.36. The average Bonchev–Trinajstić information content (AvgIpc) is 3.03. The van der Waals surface area contributed by atoms with Gasteiger partial charge in [0.05, 0.1) is 16.4 Å². The SMILES string of the molecule is CCCC(=C(C)CC)c1[nH]nc2c1CCCN2c1ccc(Cl)cc1Cl. The molecule has 2 aromatic rings. The van der Waals surface area contributed by atoms with E-state index in [1.54, 1.807) is 6.07 Å². The van der Waals surface area contributed by atoms with Crippen molar-refractivity contribution < 1.29 is 0 Å². The third-order valence-electron chi connectivity index (χ3n) is 4.96. The van der Waals surface area contributed by atoms with Crippen LogP contribution in [0.1, 0.15) is 57.7 Å². The number of rotatable bonds is 5. The number of nitrogens with one attached hydrogen (secondary N) is 1. The van der Waals surface area contributed by atoms with Crippen LogP contribution in [0.15, 0.2) is 23.8 Å². The van der Waals surface area contributed by atoms with Gasteiger partial charge in [0.1, 0.15) is 0 Å². The zero-order valence-corrected chi connectivity index (χ0v) is 16.6. The lowest BCUT2D eigenvalue weighted by molar-refractivity contribution is 0.759. The van der Waals surface area contributed by atoms with E-state index in [4.69, 9.17) is 23.2 Å². The molecule has 0 unspecified atom stereocenters. The Morgan fingerprint density at radius 1 is 1.28 bits per heavy atom. The molecule has 0 spiro atoms. The molecule has 134 valence electrons. The lowest BCUT2D eigenvalue weighted by Crippen LogP contribution is -2.25. The number of benzene rings is 1. The van der Waals surface area contributed by atoms with Crippen LogP contribution in [-0.4, -0.2) is 16.7 Å². The van der Waals surface area contributed by atoms with Gasteiger partial charge in [0.15, 0.2) is 5.82 Å². The lowest BCUT2D eigenvalue weighted by atomic mass is 9.94. The lowest BCUT2D eigenvalue weighted by Gasteiger charge is -2.29. The molecule has 3 nitrogen and oxygen atoms in total. The number of nitrogens with zero attached hydrogens (tertiary/aromatic N) is 2. The first-order valence-corrected chi connectivity index (χ1v) is 9.81. The predicted molar refractivity (Wildman–Crippen MR) is 108 cm³/mol. The first-order chi connectivity index (χ1) is 12.1. The molecule has 1 aliphatic heterocycles. The Bertz CT molecular complexity index is 792. The third-order valence-corrected chi connectivity index (χ3v) is 5.50. The van der Waals surface area contributed by atoms with Gasteiger partial charge in [0.25, 0.3) is 0 Å². The van der Waals surface area contributed by atoms with Crippen molar-refractivity contribution in [3.05, 3.63) is 45.1 Å². The van der Waals surface area contributed by atoms with E-state index < -0.39 is 0 Å². The molecule has 0 amide bonds. The number of anilines is 2. The van der Waals surface area contributed by atoms with Gasteiger partial charge in [-0.3, -0.25) is 5.10 Å². The molecule has 0 fully saturated rings. The molecule has 1 aromatic heterocycles. The monoisotopic (exact) mass is 377 g/mol. The van der Waals surface area contributed by atoms with Crippen LogP contribution in [0, 0.1) is 0 Å². The van der Waals surface area contributed by atoms with Gasteiger partial charge in [-0.2, -0.15) is 5.10 Å². The van der Waals surface area contributed by atoms with E-state index >= 15 is 0 Å². The Morgan fingerprint density at radius 3 is 2.76 bits per heavy atom. The van der Waals surface area contributed by atoms with Crippen LogP contribution in [0.2, 0.25) is 10.0 Å². The summed E-state index contributed by atoms with van der Waals surface area (Å²) in [6.07, 6.45) is 5.41. The number of fused-ring (bicyclic) bond motifs is 1. The molecule has 0 bridgehead atoms. The van der Waals surface area contributed by atoms with E-state index in [0.717, 1.165) is 50.2 Å². The van der Waals surface area contributed by atoms with Crippen LogP contribution in [0.25, 0.3) is 5.57 Å². The summed E-state index contributed by atoms with van der Waals surface area (Å²) in [5.74, 6) is 1.00. The summed E-state index contributed by atoms with van der Waals surface area (Å²) >= 11 is 12.5. The molecule has 1 N–H and O–H groups in total. The van der Waals surface area contributed by atoms with Crippen molar-refractivity contribution in [3.8, 4) is 0 Å². The summed E-state index contributed by atoms with van der Waals surface area (Å²) in [6, 6.07) is 5.66. The van der Waals surface area contributed by atoms with E-state index in [1.165, 1.54) is 22.4 Å². The number of hydrogen-bond donors (Lipinski definition) is 1. The van der Waals surface area contributed by atoms with Crippen molar-refractivity contribution in [2.45, 2.75) is 52.9 Å². The van der Waals surface area contributed by atoms with Gasteiger partial charge in [-0.1, -0.05) is 49.0 Å². The normalized spacial score (nSPS) is 15.2. The van der Waals surface area contributed by atoms with E-state index in [0.29, 0.717) is 10.0 Å². The molecular formula is C20H25Cl2N3. The topological polar surface area (TPSA) is 31.9 Å². The second-order valence-corrected chi connectivity index (χ2v) is 7.46. The highest BCUT2D eigenvalue weighted by Gasteiger charge is 2.27. The number of H-pyrrole nitrogens is 1. The Balaban J connectivity index is 2.06. The van der Waals surface area contributed by atoms with Crippen molar-refractivity contribution >= 4 is 40.3 Å². The van der Waals surface area contributed by atoms with Gasteiger partial charge in [-0.05, 0) is 56.4 Å². The average molecular weight is 378 g/mol. The van der Waals surface area contributed by atoms with E-state index in [9.17, 15) is 0 Å². The van der Waals surface area contributed by atoms with Gasteiger partial charge in [-0.15, -0.1) is 0 Å². The first-order valence-electron chi connectivity index (χ1n) is 9.05. The van der Waals surface area contributed by atoms with Gasteiger partial charge in [0.2, 0.25) is 0 Å². The molecule has 2 heterocycles. The Kier molecular flexibility index (Phi) is 5.75. The maximum Gasteiger partial charge on any atom is 0.158 e. The summed E-state index contributed by atoms with van der Waals surface area (Å²) in [7, 11) is 0. The third kappa shape index (κ3) is 3.58. The molecule has 0 radical (unpaired) electrons. The Labute approximate surface area is 160 Å². The van der Waals surface area contributed by atoms with Crippen molar-refractivity contribution in [1.82, 2.24) is 10.2 Å². The Morgan fingerprint density at radius 2 is 2.08 bits per heavy atom. The smallest absolute Gasteiger partial charge is 0.158 e. The highest BCUT2D eigenvalue weighted by Crippen LogP contribution is 2.40. The van der Waals surface area contributed by atoms with Gasteiger partial charge >= 0.3 is 0 Å². The number of allylic oxidation sites excluding steroid dienone is 2. The van der Waals surface area contributed by atoms with Crippen molar-refractivity contribution in [2.75, 3.05) is 11.4 Å². The summed E-state index contributed by atoms with van der Waals surface area (Å²) < 4.78 is 0. The van der Waals surface area contributed by atoms with E-state index in [1.807, 2.05) is 12.1 Å². The first kappa shape index (κ1) is 18.3. The molecular weight excluding hydrogens is 353 g/mol. The van der Waals surface area contributed by atoms with Crippen LogP contribution in [-0.2, 0) is 6.42 Å². The molecule has 1 aromatic carbocycles. The fraction of sp³-hybridized carbons (Fsp3) is 0.450. The minimum atomic E-state index is 0.653. The molecule has 25 heavy (non-hydrogen) atoms. The maximum atomic E-state index is 6.45. The molecule has 5 heteroatoms. The van der Waals surface area contributed by atoms with Crippen molar-refractivity contribution in [1.29, 1.82) is 0 Å². The fourth-order valence-corrected chi connectivity index (χ4v) is 4.05. The van der Waals surface area contributed by atoms with Crippen LogP contribution >= 0.6 is 23.2 Å². The number of aromatic nitrogens is 2. The predicted octanol–water partition coefficient (Wildman–Crippen LogP) is 6.78. The number of aromatic amines is 1. The Hall–Kier alpha value is -1.45. The van der Waals surface area contributed by atoms with Crippen LogP contribution < -0.4 is 4.90 Å². The van der Waals surface area contributed by atoms with Gasteiger partial charge in [-0.25, -0.2) is 0 Å². The van der Waals surface area contributed by atoms with Gasteiger partial charge < -0.3 is 4.90 Å². The minimum Gasteiger partial charge on any atom is -0.323 e. The molecule has 0 aliphatic carbocycles. The standard InChI is InChI=1S/C20H25Cl2N3/c1-4-7-15(13(3)5-2)19-16-8-6-11-25(20(16)24-23-19)18-10-9-14(21)12-17(18)22/h9-10,12H,4-8,11H2,1-3H3,(H,23,24). The molecule has 0 atom stereocenters. The van der Waals surface area contributed by atoms with Crippen LogP contribution in [0.3, 0.4) is 0 Å². The summed E-state index contributed by atoms with van der Waals surface area (Å²) in [5, 5.41) is 9.32. The number of hydrogen-bond acceptors (Lipinski definition) is 2. The molecule has 3 rings (SSSR count). The van der Waals surface area contributed by atoms with Crippen molar-refractivity contribution in [3.63, 3.8) is 0 Å². The summed E-state index contributed by atoms with van der Waals surface area (Å²) in [5.41, 5.74) is 6.36. The number of halogens is 2. The maximum absolute atomic E-state index is 6.45. The molecule has 1 aliphatic rings. The highest BCUT2D eigenvalue weighted by atomic mass is 35.5. The second kappa shape index (κ2) is 7.84. The second-order valence-electron chi connectivity index (χ2n) is 6.61. The zero-order chi connectivity index (χ0) is 18.0. The van der Waals surface area contributed by atoms with E-state index in [-0.39, 0.29) is 0 Å². The largest absolute Gasteiger partial charge is 0.323 e. The van der Waals surface area contributed by atoms with E-state index in [2.05, 4.69) is 35.9 Å². The fourth-order valence-electron chi connectivity index (χ4n) is 3.54. The molecule has 0 saturated heterocycles. The van der Waals surface area contributed by atoms with Crippen LogP contribution in [0.5, 0.6) is 0 Å². The summed E-state index contributed by atoms with van der Waals surface area (Å²) in [4.78, 5) is 2.21.